The minimum absolute atomic E-state index is 0.172. The Labute approximate surface area is 106 Å². The van der Waals surface area contributed by atoms with Gasteiger partial charge in [-0.15, -0.1) is 0 Å². The molecular formula is C11H10FN3O2S. The van der Waals surface area contributed by atoms with Gasteiger partial charge in [-0.05, 0) is 12.8 Å². The third-order valence-corrected chi connectivity index (χ3v) is 3.62. The molecule has 1 aliphatic carbocycles. The van der Waals surface area contributed by atoms with Gasteiger partial charge in [0.15, 0.2) is 11.7 Å². The van der Waals surface area contributed by atoms with Gasteiger partial charge in [-0.25, -0.2) is 14.2 Å². The van der Waals surface area contributed by atoms with Crippen molar-refractivity contribution in [2.75, 3.05) is 0 Å². The number of aromatic nitrogens is 3. The highest BCUT2D eigenvalue weighted by atomic mass is 32.2. The number of hydrogen-bond donors (Lipinski definition) is 1. The molecule has 0 unspecified atom stereocenters. The lowest BCUT2D eigenvalue weighted by Crippen LogP contribution is -2.11. The second kappa shape index (κ2) is 4.56. The predicted molar refractivity (Wildman–Crippen MR) is 62.9 cm³/mol. The molecule has 0 atom stereocenters. The van der Waals surface area contributed by atoms with E-state index in [1.807, 2.05) is 0 Å². The third kappa shape index (κ3) is 2.45. The smallest absolute Gasteiger partial charge is 0.345 e. The van der Waals surface area contributed by atoms with Crippen molar-refractivity contribution >= 4 is 11.8 Å². The van der Waals surface area contributed by atoms with E-state index in [4.69, 9.17) is 4.42 Å². The van der Waals surface area contributed by atoms with Crippen molar-refractivity contribution in [2.45, 2.75) is 29.5 Å². The Morgan fingerprint density at radius 2 is 2.39 bits per heavy atom. The number of oxazole rings is 1. The van der Waals surface area contributed by atoms with Crippen molar-refractivity contribution in [3.63, 3.8) is 0 Å². The van der Waals surface area contributed by atoms with Crippen LogP contribution in [0.2, 0.25) is 0 Å². The van der Waals surface area contributed by atoms with Crippen LogP contribution < -0.4 is 5.69 Å². The molecule has 1 saturated carbocycles. The van der Waals surface area contributed by atoms with Crippen molar-refractivity contribution in [3.05, 3.63) is 40.3 Å². The molecule has 5 nitrogen and oxygen atoms in total. The number of halogens is 1. The fourth-order valence-electron chi connectivity index (χ4n) is 1.52. The van der Waals surface area contributed by atoms with Crippen LogP contribution in [0, 0.1) is 5.82 Å². The van der Waals surface area contributed by atoms with Gasteiger partial charge in [0, 0.05) is 11.7 Å². The van der Waals surface area contributed by atoms with Crippen LogP contribution >= 0.6 is 11.8 Å². The Kier molecular flexibility index (Phi) is 2.91. The molecule has 0 spiro atoms. The molecule has 2 aromatic rings. The first-order valence-electron chi connectivity index (χ1n) is 5.54. The number of H-pyrrole nitrogens is 1. The van der Waals surface area contributed by atoms with Gasteiger partial charge >= 0.3 is 5.69 Å². The Morgan fingerprint density at radius 3 is 3.17 bits per heavy atom. The van der Waals surface area contributed by atoms with Crippen LogP contribution in [-0.2, 0) is 5.75 Å². The molecule has 7 heteroatoms. The van der Waals surface area contributed by atoms with Crippen LogP contribution in [0.1, 0.15) is 30.3 Å². The SMILES string of the molecule is O=c1ncc(F)c(SCc2coc(C3CC3)n2)[nH]1. The molecule has 3 rings (SSSR count). The fraction of sp³-hybridized carbons (Fsp3) is 0.364. The van der Waals surface area contributed by atoms with Crippen molar-refractivity contribution in [1.29, 1.82) is 0 Å². The van der Waals surface area contributed by atoms with E-state index in [1.165, 1.54) is 11.8 Å². The molecule has 94 valence electrons. The molecule has 0 saturated heterocycles. The zero-order valence-corrected chi connectivity index (χ0v) is 10.2. The minimum Gasteiger partial charge on any atom is -0.448 e. The molecule has 18 heavy (non-hydrogen) atoms. The Balaban J connectivity index is 1.69. The van der Waals surface area contributed by atoms with Gasteiger partial charge in [0.25, 0.3) is 0 Å². The van der Waals surface area contributed by atoms with Gasteiger partial charge in [-0.2, -0.15) is 4.98 Å². The zero-order valence-electron chi connectivity index (χ0n) is 9.35. The lowest BCUT2D eigenvalue weighted by Gasteiger charge is -1.99. The molecule has 0 aliphatic heterocycles. The van der Waals surface area contributed by atoms with E-state index in [-0.39, 0.29) is 5.03 Å². The molecular weight excluding hydrogens is 257 g/mol. The van der Waals surface area contributed by atoms with E-state index in [0.717, 1.165) is 30.6 Å². The first-order chi connectivity index (χ1) is 8.72. The third-order valence-electron chi connectivity index (χ3n) is 2.59. The summed E-state index contributed by atoms with van der Waals surface area (Å²) in [6, 6.07) is 0. The van der Waals surface area contributed by atoms with Crippen LogP contribution in [0.3, 0.4) is 0 Å². The normalized spacial score (nSPS) is 14.9. The molecule has 1 aliphatic rings. The molecule has 1 N–H and O–H groups in total. The summed E-state index contributed by atoms with van der Waals surface area (Å²) in [7, 11) is 0. The van der Waals surface area contributed by atoms with E-state index in [9.17, 15) is 9.18 Å². The molecule has 1 fully saturated rings. The molecule has 0 aromatic carbocycles. The maximum Gasteiger partial charge on any atom is 0.345 e. The van der Waals surface area contributed by atoms with Crippen LogP contribution in [0.15, 0.2) is 26.7 Å². The maximum absolute atomic E-state index is 13.3. The van der Waals surface area contributed by atoms with Gasteiger partial charge in [0.1, 0.15) is 11.3 Å². The van der Waals surface area contributed by atoms with Crippen molar-refractivity contribution in [2.24, 2.45) is 0 Å². The number of nitrogens with one attached hydrogen (secondary N) is 1. The van der Waals surface area contributed by atoms with Gasteiger partial charge in [-0.1, -0.05) is 11.8 Å². The van der Waals surface area contributed by atoms with Crippen molar-refractivity contribution < 1.29 is 8.81 Å². The van der Waals surface area contributed by atoms with Crippen molar-refractivity contribution in [1.82, 2.24) is 15.0 Å². The summed E-state index contributed by atoms with van der Waals surface area (Å²) in [4.78, 5) is 20.9. The quantitative estimate of drug-likeness (QED) is 0.678. The predicted octanol–water partition coefficient (Wildman–Crippen LogP) is 2.07. The number of aromatic amines is 1. The average molecular weight is 267 g/mol. The monoisotopic (exact) mass is 267 g/mol. The van der Waals surface area contributed by atoms with Gasteiger partial charge in [-0.3, -0.25) is 4.98 Å². The number of thioether (sulfide) groups is 1. The Morgan fingerprint density at radius 1 is 1.56 bits per heavy atom. The first kappa shape index (κ1) is 11.5. The Hall–Kier alpha value is -1.63. The highest BCUT2D eigenvalue weighted by Gasteiger charge is 2.28. The number of hydrogen-bond acceptors (Lipinski definition) is 5. The highest BCUT2D eigenvalue weighted by molar-refractivity contribution is 7.98. The molecule has 0 amide bonds. The van der Waals surface area contributed by atoms with Crippen LogP contribution in [0.4, 0.5) is 4.39 Å². The number of rotatable bonds is 4. The van der Waals surface area contributed by atoms with Crippen molar-refractivity contribution in [3.8, 4) is 0 Å². The molecule has 2 aromatic heterocycles. The summed E-state index contributed by atoms with van der Waals surface area (Å²) < 4.78 is 18.6. The summed E-state index contributed by atoms with van der Waals surface area (Å²) in [5.41, 5.74) is 0.191. The van der Waals surface area contributed by atoms with Crippen LogP contribution in [0.5, 0.6) is 0 Å². The number of nitrogens with zero attached hydrogens (tertiary/aromatic N) is 2. The second-order valence-corrected chi connectivity index (χ2v) is 5.09. The van der Waals surface area contributed by atoms with Gasteiger partial charge in [0.2, 0.25) is 0 Å². The lowest BCUT2D eigenvalue weighted by atomic mass is 10.4. The zero-order chi connectivity index (χ0) is 12.5. The summed E-state index contributed by atoms with van der Waals surface area (Å²) in [5.74, 6) is 1.13. The maximum atomic E-state index is 13.3. The summed E-state index contributed by atoms with van der Waals surface area (Å²) in [6.45, 7) is 0. The largest absolute Gasteiger partial charge is 0.448 e. The van der Waals surface area contributed by atoms with E-state index < -0.39 is 11.5 Å². The summed E-state index contributed by atoms with van der Waals surface area (Å²) >= 11 is 1.17. The topological polar surface area (TPSA) is 71.8 Å². The second-order valence-electron chi connectivity index (χ2n) is 4.11. The summed E-state index contributed by atoms with van der Waals surface area (Å²) in [6.07, 6.45) is 4.75. The van der Waals surface area contributed by atoms with E-state index in [1.54, 1.807) is 6.26 Å². The average Bonchev–Trinajstić information content (AvgIpc) is 3.10. The van der Waals surface area contributed by atoms with Gasteiger partial charge < -0.3 is 4.42 Å². The van der Waals surface area contributed by atoms with Crippen LogP contribution in [-0.4, -0.2) is 15.0 Å². The standard InChI is InChI=1S/C11H10FN3O2S/c12-8-3-13-11(16)15-10(8)18-5-7-4-17-9(14-7)6-1-2-6/h3-4,6H,1-2,5H2,(H,13,15,16). The summed E-state index contributed by atoms with van der Waals surface area (Å²) in [5, 5.41) is 0.172. The van der Waals surface area contributed by atoms with E-state index in [2.05, 4.69) is 15.0 Å². The lowest BCUT2D eigenvalue weighted by molar-refractivity contribution is 0.497. The van der Waals surface area contributed by atoms with E-state index >= 15 is 0 Å². The Bertz CT molecular complexity index is 621. The fourth-order valence-corrected chi connectivity index (χ4v) is 2.30. The highest BCUT2D eigenvalue weighted by Crippen LogP contribution is 2.39. The molecule has 0 bridgehead atoms. The molecule has 2 heterocycles. The van der Waals surface area contributed by atoms with Crippen LogP contribution in [0.25, 0.3) is 0 Å². The van der Waals surface area contributed by atoms with E-state index in [0.29, 0.717) is 11.7 Å². The van der Waals surface area contributed by atoms with Gasteiger partial charge in [0.05, 0.1) is 11.9 Å². The minimum atomic E-state index is -0.558. The molecule has 0 radical (unpaired) electrons. The first-order valence-corrected chi connectivity index (χ1v) is 6.53.